The molecule has 19 heavy (non-hydrogen) atoms. The number of carbonyl (C=O) groups excluding carboxylic acids is 1. The van der Waals surface area contributed by atoms with E-state index in [1.165, 1.54) is 5.56 Å². The standard InChI is InChI=1S/C15H24N2OS/c1-12(2)13-7-3-4-8-14(13)17-15(18)11-19-10-6-5-9-16/h3-4,7-8,12H,5-6,9-11,16H2,1-2H3,(H,17,18). The molecule has 0 heterocycles. The van der Waals surface area contributed by atoms with Crippen LogP contribution in [-0.2, 0) is 4.79 Å². The maximum Gasteiger partial charge on any atom is 0.234 e. The van der Waals surface area contributed by atoms with Gasteiger partial charge >= 0.3 is 0 Å². The zero-order chi connectivity index (χ0) is 14.1. The second kappa shape index (κ2) is 8.99. The maximum absolute atomic E-state index is 11.9. The van der Waals surface area contributed by atoms with E-state index in [-0.39, 0.29) is 5.91 Å². The molecule has 0 bridgehead atoms. The van der Waals surface area contributed by atoms with Crippen molar-refractivity contribution >= 4 is 23.4 Å². The van der Waals surface area contributed by atoms with E-state index < -0.39 is 0 Å². The van der Waals surface area contributed by atoms with Crippen LogP contribution in [0.15, 0.2) is 24.3 Å². The molecule has 0 unspecified atom stereocenters. The van der Waals surface area contributed by atoms with E-state index in [0.717, 1.165) is 30.8 Å². The Kier molecular flexibility index (Phi) is 7.60. The Labute approximate surface area is 120 Å². The smallest absolute Gasteiger partial charge is 0.234 e. The minimum atomic E-state index is 0.0749. The van der Waals surface area contributed by atoms with Crippen molar-refractivity contribution in [3.63, 3.8) is 0 Å². The van der Waals surface area contributed by atoms with Crippen molar-refractivity contribution in [3.05, 3.63) is 29.8 Å². The van der Waals surface area contributed by atoms with E-state index in [1.807, 2.05) is 18.2 Å². The molecule has 0 saturated carbocycles. The van der Waals surface area contributed by atoms with Gasteiger partial charge in [-0.1, -0.05) is 32.0 Å². The van der Waals surface area contributed by atoms with Crippen LogP contribution < -0.4 is 11.1 Å². The average Bonchev–Trinajstić information content (AvgIpc) is 2.39. The van der Waals surface area contributed by atoms with E-state index >= 15 is 0 Å². The van der Waals surface area contributed by atoms with Gasteiger partial charge in [-0.15, -0.1) is 0 Å². The number of hydrogen-bond donors (Lipinski definition) is 2. The highest BCUT2D eigenvalue weighted by atomic mass is 32.2. The Bertz CT molecular complexity index is 393. The molecule has 0 saturated heterocycles. The second-order valence-electron chi connectivity index (χ2n) is 4.84. The second-order valence-corrected chi connectivity index (χ2v) is 5.94. The molecule has 4 heteroatoms. The normalized spacial score (nSPS) is 10.7. The van der Waals surface area contributed by atoms with Crippen molar-refractivity contribution in [2.45, 2.75) is 32.6 Å². The number of nitrogens with two attached hydrogens (primary N) is 1. The van der Waals surface area contributed by atoms with Gasteiger partial charge in [-0.25, -0.2) is 0 Å². The van der Waals surface area contributed by atoms with E-state index in [1.54, 1.807) is 11.8 Å². The van der Waals surface area contributed by atoms with Crippen LogP contribution >= 0.6 is 11.8 Å². The van der Waals surface area contributed by atoms with Gasteiger partial charge in [0.05, 0.1) is 5.75 Å². The minimum absolute atomic E-state index is 0.0749. The number of thioether (sulfide) groups is 1. The third kappa shape index (κ3) is 6.12. The maximum atomic E-state index is 11.9. The third-order valence-corrected chi connectivity index (χ3v) is 3.88. The molecule has 1 aromatic rings. The Balaban J connectivity index is 2.40. The first-order valence-electron chi connectivity index (χ1n) is 6.81. The van der Waals surface area contributed by atoms with Gasteiger partial charge in [0.25, 0.3) is 0 Å². The van der Waals surface area contributed by atoms with E-state index in [4.69, 9.17) is 5.73 Å². The van der Waals surface area contributed by atoms with E-state index in [0.29, 0.717) is 11.7 Å². The van der Waals surface area contributed by atoms with Gasteiger partial charge < -0.3 is 11.1 Å². The summed E-state index contributed by atoms with van der Waals surface area (Å²) in [6.45, 7) is 4.99. The largest absolute Gasteiger partial charge is 0.330 e. The van der Waals surface area contributed by atoms with Crippen molar-refractivity contribution in [3.8, 4) is 0 Å². The predicted molar refractivity (Wildman–Crippen MR) is 84.8 cm³/mol. The first-order valence-corrected chi connectivity index (χ1v) is 7.97. The molecule has 106 valence electrons. The number of benzene rings is 1. The number of anilines is 1. The summed E-state index contributed by atoms with van der Waals surface area (Å²) < 4.78 is 0. The number of unbranched alkanes of at least 4 members (excludes halogenated alkanes) is 1. The lowest BCUT2D eigenvalue weighted by molar-refractivity contribution is -0.113. The molecule has 3 N–H and O–H groups in total. The number of rotatable bonds is 8. The molecule has 0 spiro atoms. The lowest BCUT2D eigenvalue weighted by atomic mass is 10.0. The molecule has 1 amide bonds. The number of amides is 1. The summed E-state index contributed by atoms with van der Waals surface area (Å²) in [5.41, 5.74) is 7.55. The van der Waals surface area contributed by atoms with Gasteiger partial charge in [0.15, 0.2) is 0 Å². The van der Waals surface area contributed by atoms with Crippen LogP contribution in [0.3, 0.4) is 0 Å². The highest BCUT2D eigenvalue weighted by Crippen LogP contribution is 2.23. The Morgan fingerprint density at radius 2 is 2.05 bits per heavy atom. The molecule has 1 rings (SSSR count). The van der Waals surface area contributed by atoms with Crippen molar-refractivity contribution < 1.29 is 4.79 Å². The van der Waals surface area contributed by atoms with Crippen LogP contribution in [0.2, 0.25) is 0 Å². The summed E-state index contributed by atoms with van der Waals surface area (Å²) in [4.78, 5) is 11.9. The van der Waals surface area contributed by atoms with Crippen molar-refractivity contribution in [2.75, 3.05) is 23.4 Å². The molecular weight excluding hydrogens is 256 g/mol. The van der Waals surface area contributed by atoms with Crippen LogP contribution in [0, 0.1) is 0 Å². The molecule has 0 aliphatic rings. The van der Waals surface area contributed by atoms with Gasteiger partial charge in [0, 0.05) is 5.69 Å². The predicted octanol–water partition coefficient (Wildman–Crippen LogP) is 3.22. The van der Waals surface area contributed by atoms with Crippen LogP contribution in [-0.4, -0.2) is 24.0 Å². The number of hydrogen-bond acceptors (Lipinski definition) is 3. The summed E-state index contributed by atoms with van der Waals surface area (Å²) in [6, 6.07) is 7.99. The third-order valence-electron chi connectivity index (χ3n) is 2.83. The van der Waals surface area contributed by atoms with E-state index in [9.17, 15) is 4.79 Å². The molecule has 0 fully saturated rings. The molecule has 3 nitrogen and oxygen atoms in total. The Hall–Kier alpha value is -1.000. The topological polar surface area (TPSA) is 55.1 Å². The van der Waals surface area contributed by atoms with Crippen molar-refractivity contribution in [1.82, 2.24) is 0 Å². The fourth-order valence-electron chi connectivity index (χ4n) is 1.81. The molecule has 0 aliphatic carbocycles. The number of carbonyl (C=O) groups is 1. The summed E-state index contributed by atoms with van der Waals surface area (Å²) in [6.07, 6.45) is 2.11. The highest BCUT2D eigenvalue weighted by Gasteiger charge is 2.08. The lowest BCUT2D eigenvalue weighted by Gasteiger charge is -2.13. The first kappa shape index (κ1) is 16.1. The summed E-state index contributed by atoms with van der Waals surface area (Å²) in [5.74, 6) is 1.99. The molecule has 0 radical (unpaired) electrons. The van der Waals surface area contributed by atoms with Gasteiger partial charge in [-0.05, 0) is 42.7 Å². The number of nitrogens with one attached hydrogen (secondary N) is 1. The zero-order valence-electron chi connectivity index (χ0n) is 11.8. The lowest BCUT2D eigenvalue weighted by Crippen LogP contribution is -2.16. The average molecular weight is 280 g/mol. The molecule has 1 aromatic carbocycles. The first-order chi connectivity index (χ1) is 9.15. The van der Waals surface area contributed by atoms with Crippen LogP contribution in [0.4, 0.5) is 5.69 Å². The van der Waals surface area contributed by atoms with Crippen LogP contribution in [0.5, 0.6) is 0 Å². The quantitative estimate of drug-likeness (QED) is 0.719. The SMILES string of the molecule is CC(C)c1ccccc1NC(=O)CSCCCCN. The molecule has 0 aliphatic heterocycles. The summed E-state index contributed by atoms with van der Waals surface area (Å²) in [5, 5.41) is 3.00. The summed E-state index contributed by atoms with van der Waals surface area (Å²) in [7, 11) is 0. The van der Waals surface area contributed by atoms with Gasteiger partial charge in [0.2, 0.25) is 5.91 Å². The van der Waals surface area contributed by atoms with Gasteiger partial charge in [-0.2, -0.15) is 11.8 Å². The van der Waals surface area contributed by atoms with E-state index in [2.05, 4.69) is 25.2 Å². The molecular formula is C15H24N2OS. The number of para-hydroxylation sites is 1. The Morgan fingerprint density at radius 1 is 1.32 bits per heavy atom. The fourth-order valence-corrected chi connectivity index (χ4v) is 2.62. The van der Waals surface area contributed by atoms with Crippen LogP contribution in [0.1, 0.15) is 38.2 Å². The monoisotopic (exact) mass is 280 g/mol. The molecule has 0 aromatic heterocycles. The molecule has 0 atom stereocenters. The van der Waals surface area contributed by atoms with Gasteiger partial charge in [-0.3, -0.25) is 4.79 Å². The highest BCUT2D eigenvalue weighted by molar-refractivity contribution is 7.99. The van der Waals surface area contributed by atoms with Crippen molar-refractivity contribution in [2.24, 2.45) is 5.73 Å². The van der Waals surface area contributed by atoms with Gasteiger partial charge in [0.1, 0.15) is 0 Å². The zero-order valence-corrected chi connectivity index (χ0v) is 12.6. The van der Waals surface area contributed by atoms with Crippen molar-refractivity contribution in [1.29, 1.82) is 0 Å². The minimum Gasteiger partial charge on any atom is -0.330 e. The van der Waals surface area contributed by atoms with Crippen LogP contribution in [0.25, 0.3) is 0 Å². The Morgan fingerprint density at radius 3 is 2.74 bits per heavy atom. The fraction of sp³-hybridized carbons (Fsp3) is 0.533. The summed E-state index contributed by atoms with van der Waals surface area (Å²) >= 11 is 1.67.